The minimum absolute atomic E-state index is 0.0628. The Morgan fingerprint density at radius 2 is 1.82 bits per heavy atom. The van der Waals surface area contributed by atoms with Crippen LogP contribution < -0.4 is 20.9 Å². The van der Waals surface area contributed by atoms with Crippen LogP contribution >= 0.6 is 23.2 Å². The van der Waals surface area contributed by atoms with Gasteiger partial charge in [0, 0.05) is 28.6 Å². The number of nitrogens with zero attached hydrogens (tertiary/aromatic N) is 2. The van der Waals surface area contributed by atoms with E-state index in [2.05, 4.69) is 25.6 Å². The van der Waals surface area contributed by atoms with Crippen molar-refractivity contribution in [2.24, 2.45) is 0 Å². The normalized spacial score (nSPS) is 12.0. The molecule has 0 saturated heterocycles. The van der Waals surface area contributed by atoms with Crippen LogP contribution in [0.15, 0.2) is 59.5 Å². The van der Waals surface area contributed by atoms with E-state index in [9.17, 15) is 19.2 Å². The maximum Gasteiger partial charge on any atom is 0.318 e. The predicted octanol–water partition coefficient (Wildman–Crippen LogP) is 5.87. The van der Waals surface area contributed by atoms with E-state index in [4.69, 9.17) is 32.7 Å². The second kappa shape index (κ2) is 13.9. The zero-order valence-corrected chi connectivity index (χ0v) is 26.0. The largest absolute Gasteiger partial charge is 0.467 e. The van der Waals surface area contributed by atoms with Crippen molar-refractivity contribution < 1.29 is 23.9 Å². The van der Waals surface area contributed by atoms with Gasteiger partial charge in [-0.15, -0.1) is 0 Å². The molecule has 2 aromatic carbocycles. The van der Waals surface area contributed by atoms with Crippen molar-refractivity contribution in [2.45, 2.75) is 51.7 Å². The van der Waals surface area contributed by atoms with Gasteiger partial charge < -0.3 is 25.1 Å². The lowest BCUT2D eigenvalue weighted by molar-refractivity contribution is -0.154. The van der Waals surface area contributed by atoms with Crippen molar-refractivity contribution in [2.75, 3.05) is 12.4 Å². The number of aromatic nitrogens is 3. The Balaban J connectivity index is 1.51. The van der Waals surface area contributed by atoms with Gasteiger partial charge in [-0.3, -0.25) is 19.2 Å². The van der Waals surface area contributed by atoms with E-state index in [1.54, 1.807) is 39.0 Å². The minimum atomic E-state index is -0.748. The quantitative estimate of drug-likeness (QED) is 0.182. The maximum atomic E-state index is 13.4. The van der Waals surface area contributed by atoms with Gasteiger partial charge in [0.25, 0.3) is 17.4 Å². The number of amides is 2. The van der Waals surface area contributed by atoms with Crippen molar-refractivity contribution in [3.05, 3.63) is 91.8 Å². The van der Waals surface area contributed by atoms with E-state index in [1.165, 1.54) is 37.6 Å². The number of hydrogen-bond acceptors (Lipinski definition) is 8. The molecule has 0 spiro atoms. The van der Waals surface area contributed by atoms with E-state index < -0.39 is 29.0 Å². The van der Waals surface area contributed by atoms with Crippen LogP contribution in [0.3, 0.4) is 0 Å². The summed E-state index contributed by atoms with van der Waals surface area (Å²) < 4.78 is 10.4. The Hall–Kier alpha value is -4.48. The predicted molar refractivity (Wildman–Crippen MR) is 167 cm³/mol. The highest BCUT2D eigenvalue weighted by Gasteiger charge is 2.21. The first-order chi connectivity index (χ1) is 20.8. The van der Waals surface area contributed by atoms with Crippen molar-refractivity contribution in [1.82, 2.24) is 20.3 Å². The molecule has 2 heterocycles. The summed E-state index contributed by atoms with van der Waals surface area (Å²) in [6, 6.07) is 12.4. The van der Waals surface area contributed by atoms with Crippen LogP contribution in [0.1, 0.15) is 72.4 Å². The topological polar surface area (TPSA) is 152 Å². The van der Waals surface area contributed by atoms with Gasteiger partial charge in [0.15, 0.2) is 0 Å². The smallest absolute Gasteiger partial charge is 0.318 e. The summed E-state index contributed by atoms with van der Waals surface area (Å²) in [6.07, 6.45) is 2.47. The molecule has 1 unspecified atom stereocenters. The van der Waals surface area contributed by atoms with Gasteiger partial charge in [-0.25, -0.2) is 4.98 Å². The van der Waals surface area contributed by atoms with Crippen molar-refractivity contribution in [1.29, 1.82) is 0 Å². The highest BCUT2D eigenvalue weighted by Crippen LogP contribution is 2.27. The van der Waals surface area contributed by atoms with Gasteiger partial charge in [0.1, 0.15) is 16.8 Å². The zero-order chi connectivity index (χ0) is 32.0. The Morgan fingerprint density at radius 3 is 2.52 bits per heavy atom. The highest BCUT2D eigenvalue weighted by atomic mass is 35.5. The molecule has 11 nitrogen and oxygen atoms in total. The Morgan fingerprint density at radius 1 is 1.05 bits per heavy atom. The van der Waals surface area contributed by atoms with Crippen LogP contribution in [0, 0.1) is 0 Å². The van der Waals surface area contributed by atoms with Crippen molar-refractivity contribution >= 4 is 57.7 Å². The number of benzene rings is 2. The molecule has 4 rings (SSSR count). The molecule has 0 fully saturated rings. The molecule has 3 N–H and O–H groups in total. The number of esters is 1. The number of H-pyrrole nitrogens is 1. The summed E-state index contributed by atoms with van der Waals surface area (Å²) in [5.41, 5.74) is -0.190. The molecular formula is C31H31Cl2N5O6. The van der Waals surface area contributed by atoms with E-state index in [0.717, 1.165) is 5.56 Å². The summed E-state index contributed by atoms with van der Waals surface area (Å²) >= 11 is 12.6. The number of aromatic amines is 1. The number of anilines is 1. The zero-order valence-electron chi connectivity index (χ0n) is 24.5. The number of carbonyl (C=O) groups is 3. The number of rotatable bonds is 10. The lowest BCUT2D eigenvalue weighted by Gasteiger charge is -2.21. The number of pyridine rings is 1. The number of carbonyl (C=O) groups excluding carboxylic acids is 3. The number of ether oxygens (including phenoxy) is 2. The molecule has 0 radical (unpaired) electrons. The number of hydrogen-bond donors (Lipinski definition) is 3. The summed E-state index contributed by atoms with van der Waals surface area (Å²) in [6.45, 7) is 5.40. The maximum absolute atomic E-state index is 13.4. The Bertz CT molecular complexity index is 1770. The third kappa shape index (κ3) is 8.55. The third-order valence-corrected chi connectivity index (χ3v) is 6.89. The molecule has 0 bridgehead atoms. The summed E-state index contributed by atoms with van der Waals surface area (Å²) in [5, 5.41) is 6.65. The molecule has 2 amide bonds. The molecule has 2 aromatic heterocycles. The molecule has 4 aromatic rings. The summed E-state index contributed by atoms with van der Waals surface area (Å²) in [4.78, 5) is 62.0. The number of halogens is 2. The fourth-order valence-corrected chi connectivity index (χ4v) is 4.69. The number of methoxy groups -OCH3 is 1. The first kappa shape index (κ1) is 32.4. The van der Waals surface area contributed by atoms with Crippen LogP contribution in [0.2, 0.25) is 10.0 Å². The van der Waals surface area contributed by atoms with Crippen LogP contribution in [0.4, 0.5) is 5.69 Å². The van der Waals surface area contributed by atoms with E-state index in [-0.39, 0.29) is 45.9 Å². The lowest BCUT2D eigenvalue weighted by atomic mass is 10.00. The van der Waals surface area contributed by atoms with Gasteiger partial charge in [-0.1, -0.05) is 35.3 Å². The SMILES string of the molecule is COc1ncc2cc(C(=O)Nc3cc(C(=O)NC(CCCC(=O)OC(C)(C)C)c4cccc(Cl)c4)ccc3Cl)c(=O)[nH]c2n1. The first-order valence-electron chi connectivity index (χ1n) is 13.7. The van der Waals surface area contributed by atoms with Crippen molar-refractivity contribution in [3.8, 4) is 6.01 Å². The van der Waals surface area contributed by atoms with Crippen LogP contribution in [0.5, 0.6) is 6.01 Å². The minimum Gasteiger partial charge on any atom is -0.467 e. The van der Waals surface area contributed by atoms with E-state index in [1.807, 2.05) is 6.07 Å². The van der Waals surface area contributed by atoms with Gasteiger partial charge in [-0.05, 0) is 75.6 Å². The molecule has 0 aliphatic heterocycles. The monoisotopic (exact) mass is 639 g/mol. The van der Waals surface area contributed by atoms with Crippen LogP contribution in [-0.4, -0.2) is 45.4 Å². The second-order valence-corrected chi connectivity index (χ2v) is 11.7. The molecule has 0 saturated carbocycles. The molecule has 0 aliphatic rings. The molecule has 0 aliphatic carbocycles. The van der Waals surface area contributed by atoms with Gasteiger partial charge in [-0.2, -0.15) is 4.98 Å². The summed E-state index contributed by atoms with van der Waals surface area (Å²) in [5.74, 6) is -1.53. The molecular weight excluding hydrogens is 609 g/mol. The second-order valence-electron chi connectivity index (χ2n) is 10.9. The highest BCUT2D eigenvalue weighted by molar-refractivity contribution is 6.34. The van der Waals surface area contributed by atoms with Gasteiger partial charge in [0.05, 0.1) is 23.9 Å². The standard InChI is InChI=1S/C31H31Cl2N5O6/c1-31(2,3)44-25(39)10-6-9-23(17-7-5-8-20(32)13-17)35-27(40)18-11-12-22(33)24(15-18)36-28(41)21-14-19-16-34-30(43-4)38-26(19)37-29(21)42/h5,7-8,11-16,23H,6,9-10H2,1-4H3,(H,35,40)(H,36,41)(H,34,37,38,42). The summed E-state index contributed by atoms with van der Waals surface area (Å²) in [7, 11) is 1.39. The lowest BCUT2D eigenvalue weighted by Crippen LogP contribution is -2.29. The van der Waals surface area contributed by atoms with E-state index >= 15 is 0 Å². The fourth-order valence-electron chi connectivity index (χ4n) is 4.33. The molecule has 44 heavy (non-hydrogen) atoms. The Kier molecular flexibility index (Phi) is 10.2. The molecule has 13 heteroatoms. The van der Waals surface area contributed by atoms with E-state index in [0.29, 0.717) is 23.3 Å². The fraction of sp³-hybridized carbons (Fsp3) is 0.290. The first-order valence-corrected chi connectivity index (χ1v) is 14.4. The molecule has 1 atom stereocenters. The van der Waals surface area contributed by atoms with Crippen LogP contribution in [0.25, 0.3) is 11.0 Å². The van der Waals surface area contributed by atoms with Crippen molar-refractivity contribution in [3.63, 3.8) is 0 Å². The average Bonchev–Trinajstić information content (AvgIpc) is 2.96. The molecule has 230 valence electrons. The Labute approximate surface area is 263 Å². The average molecular weight is 641 g/mol. The van der Waals surface area contributed by atoms with Crippen LogP contribution in [-0.2, 0) is 9.53 Å². The third-order valence-electron chi connectivity index (χ3n) is 6.33. The number of fused-ring (bicyclic) bond motifs is 1. The van der Waals surface area contributed by atoms with Gasteiger partial charge >= 0.3 is 12.0 Å². The number of nitrogens with one attached hydrogen (secondary N) is 3. The van der Waals surface area contributed by atoms with Gasteiger partial charge in [0.2, 0.25) is 0 Å².